The van der Waals surface area contributed by atoms with Crippen LogP contribution in [0.1, 0.15) is 33.6 Å². The van der Waals surface area contributed by atoms with Crippen molar-refractivity contribution >= 4 is 72.7 Å². The summed E-state index contributed by atoms with van der Waals surface area (Å²) in [5, 5.41) is 12.7. The molecule has 3 aromatic carbocycles. The molecule has 0 spiro atoms. The SMILES string of the molecule is O=C(CN(C(=O)c1ccccc1Cl)N1C(=O)[C@@H]2C[C@@H](Br)[C@@H](Br)C[C@H]2C1=O)c1ccc(Oc2ccc([N+](=O)[O-])cc2)cc1. The van der Waals surface area contributed by atoms with E-state index < -0.39 is 46.8 Å². The molecule has 2 aliphatic rings. The summed E-state index contributed by atoms with van der Waals surface area (Å²) in [6.07, 6.45) is 0.805. The molecule has 42 heavy (non-hydrogen) atoms. The molecule has 0 unspecified atom stereocenters. The van der Waals surface area contributed by atoms with Crippen LogP contribution in [0.4, 0.5) is 5.69 Å². The summed E-state index contributed by atoms with van der Waals surface area (Å²) in [5.41, 5.74) is 0.180. The van der Waals surface area contributed by atoms with E-state index in [2.05, 4.69) is 31.9 Å². The number of nitro groups is 1. The van der Waals surface area contributed by atoms with Gasteiger partial charge in [0.05, 0.1) is 27.3 Å². The van der Waals surface area contributed by atoms with E-state index in [-0.39, 0.29) is 31.5 Å². The van der Waals surface area contributed by atoms with E-state index in [4.69, 9.17) is 16.3 Å². The lowest BCUT2D eigenvalue weighted by Gasteiger charge is -2.30. The monoisotopic (exact) mass is 717 g/mol. The number of hydrogen-bond acceptors (Lipinski definition) is 7. The molecule has 0 bridgehead atoms. The third-order valence-corrected chi connectivity index (χ3v) is 10.3. The number of carbonyl (C=O) groups is 4. The smallest absolute Gasteiger partial charge is 0.274 e. The standard InChI is InChI=1S/C29H22Br2ClN3O7/c30-23-13-21-22(14-24(23)31)29(39)34(28(21)38)33(27(37)20-3-1-2-4-25(20)32)15-26(36)16-5-9-18(10-6-16)42-19-11-7-17(8-12-19)35(40)41/h1-12,21-24H,13-15H2/t21-,22-,23-,24+/m1/s1. The van der Waals surface area contributed by atoms with E-state index in [0.717, 1.165) is 10.0 Å². The number of non-ortho nitro benzene ring substituents is 1. The van der Waals surface area contributed by atoms with E-state index in [9.17, 15) is 29.3 Å². The van der Waals surface area contributed by atoms with Crippen LogP contribution in [-0.4, -0.2) is 54.6 Å². The van der Waals surface area contributed by atoms with Crippen molar-refractivity contribution < 1.29 is 28.8 Å². The van der Waals surface area contributed by atoms with E-state index in [1.807, 2.05) is 0 Å². The summed E-state index contributed by atoms with van der Waals surface area (Å²) < 4.78 is 5.70. The molecule has 216 valence electrons. The van der Waals surface area contributed by atoms with Crippen molar-refractivity contribution in [1.29, 1.82) is 0 Å². The van der Waals surface area contributed by atoms with Crippen LogP contribution in [0.15, 0.2) is 72.8 Å². The largest absolute Gasteiger partial charge is 0.457 e. The van der Waals surface area contributed by atoms with Crippen molar-refractivity contribution in [3.05, 3.63) is 99.1 Å². The fourth-order valence-electron chi connectivity index (χ4n) is 5.03. The number of carbonyl (C=O) groups excluding carboxylic acids is 4. The lowest BCUT2D eigenvalue weighted by atomic mass is 9.81. The molecule has 0 aromatic heterocycles. The maximum Gasteiger partial charge on any atom is 0.274 e. The Hall–Kier alpha value is -3.61. The maximum absolute atomic E-state index is 13.7. The van der Waals surface area contributed by atoms with Gasteiger partial charge in [0, 0.05) is 27.4 Å². The van der Waals surface area contributed by atoms with Gasteiger partial charge in [-0.25, -0.2) is 5.01 Å². The molecule has 3 aromatic rings. The van der Waals surface area contributed by atoms with Crippen LogP contribution < -0.4 is 4.74 Å². The van der Waals surface area contributed by atoms with Crippen LogP contribution in [0.3, 0.4) is 0 Å². The normalized spacial score (nSPS) is 21.5. The third kappa shape index (κ3) is 5.97. The van der Waals surface area contributed by atoms with Crippen LogP contribution >= 0.6 is 43.5 Å². The molecule has 1 aliphatic heterocycles. The van der Waals surface area contributed by atoms with Crippen LogP contribution in [-0.2, 0) is 9.59 Å². The number of hydrazine groups is 1. The van der Waals surface area contributed by atoms with Gasteiger partial charge in [-0.1, -0.05) is 55.6 Å². The number of amides is 3. The predicted octanol–water partition coefficient (Wildman–Crippen LogP) is 6.20. The Morgan fingerprint density at radius 3 is 1.95 bits per heavy atom. The molecule has 10 nitrogen and oxygen atoms in total. The molecule has 1 saturated carbocycles. The molecule has 0 radical (unpaired) electrons. The molecule has 3 amide bonds. The van der Waals surface area contributed by atoms with Gasteiger partial charge in [0.2, 0.25) is 0 Å². The zero-order chi connectivity index (χ0) is 30.1. The molecule has 13 heteroatoms. The van der Waals surface area contributed by atoms with E-state index in [1.165, 1.54) is 60.7 Å². The minimum Gasteiger partial charge on any atom is -0.457 e. The van der Waals surface area contributed by atoms with Crippen LogP contribution in [0, 0.1) is 22.0 Å². The molecular weight excluding hydrogens is 698 g/mol. The highest BCUT2D eigenvalue weighted by Crippen LogP contribution is 2.44. The predicted molar refractivity (Wildman–Crippen MR) is 160 cm³/mol. The number of alkyl halides is 2. The number of nitro benzene ring substituents is 1. The van der Waals surface area contributed by atoms with Gasteiger partial charge in [0.25, 0.3) is 23.4 Å². The number of imide groups is 1. The first-order valence-corrected chi connectivity index (χ1v) is 15.0. The number of ketones is 1. The highest BCUT2D eigenvalue weighted by molar-refractivity contribution is 9.12. The molecule has 0 N–H and O–H groups in total. The quantitative estimate of drug-likeness (QED) is 0.0892. The summed E-state index contributed by atoms with van der Waals surface area (Å²) in [4.78, 5) is 64.5. The Labute approximate surface area is 261 Å². The lowest BCUT2D eigenvalue weighted by Crippen LogP contribution is -2.52. The van der Waals surface area contributed by atoms with Crippen LogP contribution in [0.2, 0.25) is 5.02 Å². The van der Waals surface area contributed by atoms with Crippen molar-refractivity contribution in [1.82, 2.24) is 10.0 Å². The highest BCUT2D eigenvalue weighted by Gasteiger charge is 2.54. The minimum absolute atomic E-state index is 0.0310. The number of fused-ring (bicyclic) bond motifs is 1. The van der Waals surface area contributed by atoms with Crippen LogP contribution in [0.5, 0.6) is 11.5 Å². The summed E-state index contributed by atoms with van der Waals surface area (Å²) in [5.74, 6) is -2.86. The molecule has 1 heterocycles. The second-order valence-electron chi connectivity index (χ2n) is 9.85. The molecule has 4 atom stereocenters. The van der Waals surface area contributed by atoms with Crippen molar-refractivity contribution in [2.45, 2.75) is 22.5 Å². The Bertz CT molecular complexity index is 1540. The van der Waals surface area contributed by atoms with E-state index >= 15 is 0 Å². The lowest BCUT2D eigenvalue weighted by molar-refractivity contribution is -0.384. The van der Waals surface area contributed by atoms with Crippen LogP contribution in [0.25, 0.3) is 0 Å². The van der Waals surface area contributed by atoms with Gasteiger partial charge in [0.15, 0.2) is 5.78 Å². The first-order chi connectivity index (χ1) is 20.0. The molecule has 5 rings (SSSR count). The number of halogens is 3. The maximum atomic E-state index is 13.7. The molecule has 1 saturated heterocycles. The Morgan fingerprint density at radius 1 is 0.905 bits per heavy atom. The van der Waals surface area contributed by atoms with Gasteiger partial charge in [-0.3, -0.25) is 29.3 Å². The van der Waals surface area contributed by atoms with E-state index in [1.54, 1.807) is 12.1 Å². The summed E-state index contributed by atoms with van der Waals surface area (Å²) in [7, 11) is 0. The number of benzene rings is 3. The number of Topliss-reactive ketones (excluding diaryl/α,β-unsaturated/α-hetero) is 1. The first kappa shape index (κ1) is 29.9. The van der Waals surface area contributed by atoms with Gasteiger partial charge < -0.3 is 4.74 Å². The van der Waals surface area contributed by atoms with Gasteiger partial charge in [0.1, 0.15) is 18.0 Å². The zero-order valence-corrected chi connectivity index (χ0v) is 25.6. The Balaban J connectivity index is 1.39. The van der Waals surface area contributed by atoms with Gasteiger partial charge in [-0.05, 0) is 61.4 Å². The Morgan fingerprint density at radius 2 is 1.43 bits per heavy atom. The highest BCUT2D eigenvalue weighted by atomic mass is 79.9. The summed E-state index contributed by atoms with van der Waals surface area (Å²) >= 11 is 13.4. The number of hydrogen-bond donors (Lipinski definition) is 0. The average molecular weight is 720 g/mol. The Kier molecular flexibility index (Phi) is 8.76. The zero-order valence-electron chi connectivity index (χ0n) is 21.7. The molecule has 2 fully saturated rings. The van der Waals surface area contributed by atoms with Gasteiger partial charge in [-0.2, -0.15) is 5.01 Å². The summed E-state index contributed by atoms with van der Waals surface area (Å²) in [6, 6.07) is 17.8. The number of ether oxygens (including phenoxy) is 1. The topological polar surface area (TPSA) is 127 Å². The third-order valence-electron chi connectivity index (χ3n) is 7.22. The van der Waals surface area contributed by atoms with E-state index in [0.29, 0.717) is 24.3 Å². The minimum atomic E-state index is -0.752. The molecule has 1 aliphatic carbocycles. The fourth-order valence-corrected chi connectivity index (χ4v) is 6.48. The van der Waals surface area contributed by atoms with Gasteiger partial charge >= 0.3 is 0 Å². The van der Waals surface area contributed by atoms with Crippen molar-refractivity contribution in [3.63, 3.8) is 0 Å². The van der Waals surface area contributed by atoms with Crippen molar-refractivity contribution in [3.8, 4) is 11.5 Å². The second kappa shape index (κ2) is 12.3. The van der Waals surface area contributed by atoms with Crippen molar-refractivity contribution in [2.24, 2.45) is 11.8 Å². The number of rotatable bonds is 8. The average Bonchev–Trinajstić information content (AvgIpc) is 3.20. The first-order valence-electron chi connectivity index (χ1n) is 12.8. The second-order valence-corrected chi connectivity index (χ2v) is 12.6. The molecular formula is C29H22Br2ClN3O7. The van der Waals surface area contributed by atoms with Gasteiger partial charge in [-0.15, -0.1) is 0 Å². The number of nitrogens with zero attached hydrogens (tertiary/aromatic N) is 3. The summed E-state index contributed by atoms with van der Waals surface area (Å²) in [6.45, 7) is -0.584. The van der Waals surface area contributed by atoms with Crippen molar-refractivity contribution in [2.75, 3.05) is 6.54 Å². The fraction of sp³-hybridized carbons (Fsp3) is 0.241.